The van der Waals surface area contributed by atoms with Crippen LogP contribution in [0.25, 0.3) is 0 Å². The second kappa shape index (κ2) is 1.85. The van der Waals surface area contributed by atoms with E-state index in [4.69, 9.17) is 0 Å². The third kappa shape index (κ3) is 1.50. The zero-order valence-electron chi connectivity index (χ0n) is 5.28. The van der Waals surface area contributed by atoms with Gasteiger partial charge in [-0.2, -0.15) is 0 Å². The Morgan fingerprint density at radius 3 is 1.29 bits per heavy atom. The van der Waals surface area contributed by atoms with Crippen LogP contribution in [-0.2, 0) is 0 Å². The van der Waals surface area contributed by atoms with Gasteiger partial charge in [0.15, 0.2) is 0 Å². The highest BCUT2D eigenvalue weighted by Gasteiger charge is 2.52. The molecule has 0 heteroatoms. The van der Waals surface area contributed by atoms with Gasteiger partial charge in [-0.1, -0.05) is 20.3 Å². The summed E-state index contributed by atoms with van der Waals surface area (Å²) < 4.78 is 0. The fourth-order valence-corrected chi connectivity index (χ4v) is 0.552. The van der Waals surface area contributed by atoms with E-state index < -0.39 is 0 Å². The van der Waals surface area contributed by atoms with Gasteiger partial charge in [-0.25, -0.2) is 0 Å². The van der Waals surface area contributed by atoms with E-state index >= 15 is 0 Å². The summed E-state index contributed by atoms with van der Waals surface area (Å²) in [5, 5.41) is 0. The van der Waals surface area contributed by atoms with Crippen LogP contribution < -0.4 is 0 Å². The molecule has 0 radical (unpaired) electrons. The largest absolute Gasteiger partial charge is 0.0656 e. The molecule has 0 spiro atoms. The van der Waals surface area contributed by atoms with Crippen molar-refractivity contribution in [3.8, 4) is 0 Å². The Morgan fingerprint density at radius 2 is 1.29 bits per heavy atom. The van der Waals surface area contributed by atoms with Gasteiger partial charge < -0.3 is 0 Å². The number of hydrogen-bond donors (Lipinski definition) is 0. The Bertz CT molecular complexity index is 45.1. The predicted molar refractivity (Wildman–Crippen MR) is 32.2 cm³/mol. The van der Waals surface area contributed by atoms with Crippen molar-refractivity contribution in [3.63, 3.8) is 0 Å². The van der Waals surface area contributed by atoms with Gasteiger partial charge in [0, 0.05) is 0 Å². The van der Waals surface area contributed by atoms with Crippen LogP contribution in [-0.4, -0.2) is 0 Å². The first-order chi connectivity index (χ1) is 3.38. The van der Waals surface area contributed by atoms with Crippen molar-refractivity contribution in [1.29, 1.82) is 0 Å². The van der Waals surface area contributed by atoms with E-state index in [9.17, 15) is 0 Å². The van der Waals surface area contributed by atoms with Crippen LogP contribution in [0.5, 0.6) is 0 Å². The average molecular weight is 98.2 g/mol. The summed E-state index contributed by atoms with van der Waals surface area (Å²) in [6, 6.07) is 0. The Hall–Kier alpha value is 0. The van der Waals surface area contributed by atoms with Gasteiger partial charge in [-0.3, -0.25) is 0 Å². The van der Waals surface area contributed by atoms with Crippen molar-refractivity contribution in [2.75, 3.05) is 0 Å². The highest BCUT2D eigenvalue weighted by atomic mass is 14.6. The molecule has 42 valence electrons. The van der Waals surface area contributed by atoms with Crippen LogP contribution in [0, 0.1) is 11.8 Å². The number of hydrogen-bond acceptors (Lipinski definition) is 0. The minimum absolute atomic E-state index is 1.25. The van der Waals surface area contributed by atoms with Crippen molar-refractivity contribution < 1.29 is 0 Å². The van der Waals surface area contributed by atoms with E-state index in [1.165, 1.54) is 18.3 Å². The van der Waals surface area contributed by atoms with Crippen molar-refractivity contribution in [1.82, 2.24) is 0 Å². The van der Waals surface area contributed by atoms with Crippen LogP contribution in [0.4, 0.5) is 0 Å². The Labute approximate surface area is 45.9 Å². The molecule has 0 N–H and O–H groups in total. The third-order valence-corrected chi connectivity index (χ3v) is 1.47. The normalized spacial score (nSPS) is 40.3. The lowest BCUT2D eigenvalue weighted by molar-refractivity contribution is 0.915. The van der Waals surface area contributed by atoms with Crippen molar-refractivity contribution >= 4 is 0 Å². The molecule has 2 fully saturated rings. The minimum Gasteiger partial charge on any atom is -0.0656 e. The van der Waals surface area contributed by atoms with Gasteiger partial charge in [-0.05, 0) is 24.7 Å². The Balaban J connectivity index is 0.0000000758. The molecular formula is C7H14. The molecule has 0 unspecified atom stereocenters. The third-order valence-electron chi connectivity index (χ3n) is 1.47. The molecule has 0 heterocycles. The fraction of sp³-hybridized carbons (Fsp3) is 1.00. The van der Waals surface area contributed by atoms with Crippen LogP contribution >= 0.6 is 0 Å². The van der Waals surface area contributed by atoms with E-state index in [0.29, 0.717) is 0 Å². The van der Waals surface area contributed by atoms with Crippen LogP contribution in [0.15, 0.2) is 0 Å². The van der Waals surface area contributed by atoms with E-state index in [1.54, 1.807) is 12.8 Å². The Kier molecular flexibility index (Phi) is 1.36. The van der Waals surface area contributed by atoms with Gasteiger partial charge in [-0.15, -0.1) is 0 Å². The molecule has 0 nitrogen and oxygen atoms in total. The summed E-state index contributed by atoms with van der Waals surface area (Å²) in [4.78, 5) is 0. The maximum absolute atomic E-state index is 2.12. The molecule has 0 atom stereocenters. The first-order valence-corrected chi connectivity index (χ1v) is 3.38. The van der Waals surface area contributed by atoms with E-state index in [-0.39, 0.29) is 0 Å². The van der Waals surface area contributed by atoms with Gasteiger partial charge >= 0.3 is 0 Å². The average Bonchev–Trinajstić information content (AvgIpc) is 2.08. The van der Waals surface area contributed by atoms with Gasteiger partial charge in [0.1, 0.15) is 0 Å². The summed E-state index contributed by atoms with van der Waals surface area (Å²) in [5.74, 6) is 2.50. The number of fused-ring (bicyclic) bond motifs is 1. The van der Waals surface area contributed by atoms with E-state index in [2.05, 4.69) is 13.8 Å². The summed E-state index contributed by atoms with van der Waals surface area (Å²) in [6.45, 7) is 4.25. The molecule has 0 aromatic heterocycles. The molecule has 0 aromatic rings. The lowest BCUT2D eigenvalue weighted by Crippen LogP contribution is -1.47. The second-order valence-electron chi connectivity index (χ2n) is 2.70. The molecule has 2 saturated carbocycles. The maximum Gasteiger partial charge on any atom is -0.0380 e. The molecule has 7 heavy (non-hydrogen) atoms. The van der Waals surface area contributed by atoms with Crippen molar-refractivity contribution in [3.05, 3.63) is 0 Å². The minimum atomic E-state index is 1.25. The van der Waals surface area contributed by atoms with Gasteiger partial charge in [0.2, 0.25) is 0 Å². The molecular weight excluding hydrogens is 84.1 g/mol. The molecule has 0 bridgehead atoms. The SMILES string of the molecule is C1C2CC12.CCC. The lowest BCUT2D eigenvalue weighted by Gasteiger charge is -1.60. The quantitative estimate of drug-likeness (QED) is 0.436. The molecule has 0 saturated heterocycles. The van der Waals surface area contributed by atoms with Crippen LogP contribution in [0.2, 0.25) is 0 Å². The molecule has 2 aliphatic carbocycles. The standard InChI is InChI=1S/C4H6.C3H8/c1-3-2-4(1)3;1-3-2/h3-4H,1-2H2;3H2,1-2H3. The van der Waals surface area contributed by atoms with Crippen molar-refractivity contribution in [2.24, 2.45) is 11.8 Å². The lowest BCUT2D eigenvalue weighted by atomic mass is 10.5. The topological polar surface area (TPSA) is 0 Å². The van der Waals surface area contributed by atoms with E-state index in [1.807, 2.05) is 0 Å². The first kappa shape index (κ1) is 5.14. The second-order valence-corrected chi connectivity index (χ2v) is 2.70. The Morgan fingerprint density at radius 1 is 1.14 bits per heavy atom. The molecule has 2 rings (SSSR count). The van der Waals surface area contributed by atoms with Crippen LogP contribution in [0.3, 0.4) is 0 Å². The monoisotopic (exact) mass is 98.1 g/mol. The highest BCUT2D eigenvalue weighted by Crippen LogP contribution is 2.62. The predicted octanol–water partition coefficient (Wildman–Crippen LogP) is 2.44. The summed E-state index contributed by atoms with van der Waals surface area (Å²) in [7, 11) is 0. The zero-order valence-corrected chi connectivity index (χ0v) is 5.28. The smallest absolute Gasteiger partial charge is 0.0380 e. The molecule has 2 aliphatic rings. The van der Waals surface area contributed by atoms with Gasteiger partial charge in [0.25, 0.3) is 0 Å². The highest BCUT2D eigenvalue weighted by molar-refractivity contribution is 5.02. The van der Waals surface area contributed by atoms with Crippen molar-refractivity contribution in [2.45, 2.75) is 33.1 Å². The fourth-order valence-electron chi connectivity index (χ4n) is 0.552. The number of rotatable bonds is 0. The maximum atomic E-state index is 2.12. The first-order valence-electron chi connectivity index (χ1n) is 3.38. The zero-order chi connectivity index (χ0) is 5.28. The van der Waals surface area contributed by atoms with Crippen LogP contribution in [0.1, 0.15) is 33.1 Å². The molecule has 0 amide bonds. The summed E-state index contributed by atoms with van der Waals surface area (Å²) in [6.07, 6.45) is 4.42. The summed E-state index contributed by atoms with van der Waals surface area (Å²) in [5.41, 5.74) is 0. The molecule has 0 aliphatic heterocycles. The van der Waals surface area contributed by atoms with E-state index in [0.717, 1.165) is 0 Å². The van der Waals surface area contributed by atoms with Gasteiger partial charge in [0.05, 0.1) is 0 Å². The summed E-state index contributed by atoms with van der Waals surface area (Å²) >= 11 is 0. The molecule has 0 aromatic carbocycles.